The van der Waals surface area contributed by atoms with E-state index in [2.05, 4.69) is 0 Å². The molecule has 1 unspecified atom stereocenters. The highest BCUT2D eigenvalue weighted by atomic mass is 19.1. The predicted molar refractivity (Wildman–Crippen MR) is 87.1 cm³/mol. The van der Waals surface area contributed by atoms with E-state index in [0.29, 0.717) is 0 Å². The number of hydrogen-bond donors (Lipinski definition) is 1. The Morgan fingerprint density at radius 2 is 1.48 bits per heavy atom. The van der Waals surface area contributed by atoms with Crippen LogP contribution in [-0.4, -0.2) is 76.1 Å². The summed E-state index contributed by atoms with van der Waals surface area (Å²) in [6.45, 7) is 7.84. The first kappa shape index (κ1) is 21.0. The number of carboxylic acid groups (broad SMARTS) is 1. The average molecular weight is 362 g/mol. The van der Waals surface area contributed by atoms with Gasteiger partial charge in [-0.2, -0.15) is 0 Å². The van der Waals surface area contributed by atoms with E-state index in [1.165, 1.54) is 0 Å². The molecule has 144 valence electrons. The Balaban J connectivity index is 3.07. The fourth-order valence-electron chi connectivity index (χ4n) is 2.33. The van der Waals surface area contributed by atoms with Gasteiger partial charge in [0, 0.05) is 13.1 Å². The van der Waals surface area contributed by atoms with Crippen molar-refractivity contribution in [3.05, 3.63) is 0 Å². The summed E-state index contributed by atoms with van der Waals surface area (Å²) >= 11 is 0. The maximum atomic E-state index is 13.8. The van der Waals surface area contributed by atoms with Gasteiger partial charge in [-0.1, -0.05) is 0 Å². The summed E-state index contributed by atoms with van der Waals surface area (Å²) in [5.41, 5.74) is -3.85. The van der Waals surface area contributed by atoms with E-state index in [4.69, 9.17) is 9.47 Å². The van der Waals surface area contributed by atoms with Crippen molar-refractivity contribution in [3.63, 3.8) is 0 Å². The number of halogens is 1. The fourth-order valence-corrected chi connectivity index (χ4v) is 2.33. The van der Waals surface area contributed by atoms with Crippen LogP contribution in [0.15, 0.2) is 0 Å². The summed E-state index contributed by atoms with van der Waals surface area (Å²) in [6.07, 6.45) is -1.69. The van der Waals surface area contributed by atoms with Crippen molar-refractivity contribution in [3.8, 4) is 0 Å². The van der Waals surface area contributed by atoms with E-state index in [1.54, 1.807) is 41.5 Å². The highest BCUT2D eigenvalue weighted by Crippen LogP contribution is 2.27. The van der Waals surface area contributed by atoms with E-state index < -0.39 is 48.1 Å². The van der Waals surface area contributed by atoms with Crippen LogP contribution in [-0.2, 0) is 14.3 Å². The zero-order valence-corrected chi connectivity index (χ0v) is 15.6. The number of hydrogen-bond acceptors (Lipinski definition) is 5. The number of rotatable bonds is 2. The van der Waals surface area contributed by atoms with Crippen LogP contribution >= 0.6 is 0 Å². The lowest BCUT2D eigenvalue weighted by atomic mass is 9.96. The lowest BCUT2D eigenvalue weighted by Gasteiger charge is -2.46. The number of piperazine rings is 1. The first-order valence-electron chi connectivity index (χ1n) is 8.00. The van der Waals surface area contributed by atoms with Crippen molar-refractivity contribution in [2.45, 2.75) is 58.3 Å². The van der Waals surface area contributed by atoms with Crippen LogP contribution in [0.4, 0.5) is 14.0 Å². The smallest absolute Gasteiger partial charge is 0.411 e. The van der Waals surface area contributed by atoms with Crippen molar-refractivity contribution < 1.29 is 33.4 Å². The summed E-state index contributed by atoms with van der Waals surface area (Å²) < 4.78 is 24.2. The number of nitrogens with zero attached hydrogens (tertiary/aromatic N) is 2. The molecule has 0 spiro atoms. The second-order valence-corrected chi connectivity index (χ2v) is 8.00. The van der Waals surface area contributed by atoms with Gasteiger partial charge >= 0.3 is 18.2 Å². The number of carbonyl (C=O) groups is 3. The van der Waals surface area contributed by atoms with E-state index >= 15 is 0 Å². The van der Waals surface area contributed by atoms with Crippen LogP contribution in [0.2, 0.25) is 0 Å². The first-order valence-corrected chi connectivity index (χ1v) is 8.00. The molecular weight excluding hydrogens is 335 g/mol. The Kier molecular flexibility index (Phi) is 5.92. The van der Waals surface area contributed by atoms with Crippen LogP contribution in [0.25, 0.3) is 0 Å². The van der Waals surface area contributed by atoms with Crippen molar-refractivity contribution in [2.75, 3.05) is 26.3 Å². The number of amides is 2. The predicted octanol–water partition coefficient (Wildman–Crippen LogP) is 2.27. The molecule has 0 aromatic heterocycles. The largest absolute Gasteiger partial charge is 0.479 e. The third-order valence-electron chi connectivity index (χ3n) is 3.45. The Morgan fingerprint density at radius 1 is 1.00 bits per heavy atom. The summed E-state index contributed by atoms with van der Waals surface area (Å²) in [5.74, 6) is -1.55. The maximum absolute atomic E-state index is 13.8. The Bertz CT molecular complexity index is 540. The first-order chi connectivity index (χ1) is 11.2. The molecule has 0 aromatic carbocycles. The third kappa shape index (κ3) is 5.20. The van der Waals surface area contributed by atoms with Crippen molar-refractivity contribution in [1.29, 1.82) is 0 Å². The molecule has 1 atom stereocenters. The number of carboxylic acids is 1. The van der Waals surface area contributed by atoms with Gasteiger partial charge in [0.25, 0.3) is 0 Å². The molecule has 0 aromatic rings. The van der Waals surface area contributed by atoms with Crippen LogP contribution in [0.3, 0.4) is 0 Å². The second-order valence-electron chi connectivity index (χ2n) is 8.00. The van der Waals surface area contributed by atoms with Crippen molar-refractivity contribution in [2.24, 2.45) is 0 Å². The maximum Gasteiger partial charge on any atom is 0.411 e. The Hall–Kier alpha value is -2.06. The monoisotopic (exact) mass is 362 g/mol. The Labute approximate surface area is 146 Å². The topological polar surface area (TPSA) is 96.4 Å². The normalized spacial score (nSPS) is 21.7. The number of alkyl halides is 1. The molecule has 0 aliphatic carbocycles. The van der Waals surface area contributed by atoms with E-state index in [0.717, 1.165) is 9.80 Å². The molecule has 1 rings (SSSR count). The van der Waals surface area contributed by atoms with Crippen molar-refractivity contribution in [1.82, 2.24) is 9.80 Å². The third-order valence-corrected chi connectivity index (χ3v) is 3.45. The molecular formula is C16H27FN2O6. The van der Waals surface area contributed by atoms with Crippen LogP contribution in [0.1, 0.15) is 41.5 Å². The van der Waals surface area contributed by atoms with Crippen LogP contribution < -0.4 is 0 Å². The summed E-state index contributed by atoms with van der Waals surface area (Å²) in [6, 6.07) is 0. The average Bonchev–Trinajstić information content (AvgIpc) is 2.42. The van der Waals surface area contributed by atoms with Gasteiger partial charge in [0.2, 0.25) is 0 Å². The minimum atomic E-state index is -2.21. The highest BCUT2D eigenvalue weighted by Gasteiger charge is 2.53. The molecule has 9 heteroatoms. The summed E-state index contributed by atoms with van der Waals surface area (Å²) in [4.78, 5) is 38.2. The van der Waals surface area contributed by atoms with Gasteiger partial charge in [0.1, 0.15) is 17.9 Å². The molecule has 1 fully saturated rings. The van der Waals surface area contributed by atoms with Gasteiger partial charge in [-0.3, -0.25) is 4.90 Å². The van der Waals surface area contributed by atoms with Crippen molar-refractivity contribution >= 4 is 18.2 Å². The Morgan fingerprint density at radius 3 is 1.88 bits per heavy atom. The van der Waals surface area contributed by atoms with Gasteiger partial charge in [-0.25, -0.2) is 18.8 Å². The molecule has 0 saturated carbocycles. The molecule has 2 amide bonds. The molecule has 0 radical (unpaired) electrons. The zero-order chi connectivity index (χ0) is 19.6. The van der Waals surface area contributed by atoms with Gasteiger partial charge in [0.15, 0.2) is 5.54 Å². The molecule has 1 saturated heterocycles. The quantitative estimate of drug-likeness (QED) is 0.809. The minimum absolute atomic E-state index is 0.0170. The van der Waals surface area contributed by atoms with E-state index in [-0.39, 0.29) is 13.1 Å². The second kappa shape index (κ2) is 7.05. The van der Waals surface area contributed by atoms with Gasteiger partial charge in [-0.15, -0.1) is 0 Å². The lowest BCUT2D eigenvalue weighted by molar-refractivity contribution is -0.157. The van der Waals surface area contributed by atoms with Gasteiger partial charge in [0.05, 0.1) is 6.54 Å². The number of carbonyl (C=O) groups excluding carboxylic acids is 2. The zero-order valence-electron chi connectivity index (χ0n) is 15.6. The van der Waals surface area contributed by atoms with E-state index in [1.807, 2.05) is 0 Å². The van der Waals surface area contributed by atoms with Gasteiger partial charge < -0.3 is 19.5 Å². The molecule has 0 bridgehead atoms. The summed E-state index contributed by atoms with van der Waals surface area (Å²) in [7, 11) is 0. The van der Waals surface area contributed by atoms with Gasteiger partial charge in [-0.05, 0) is 41.5 Å². The van der Waals surface area contributed by atoms with E-state index in [9.17, 15) is 23.9 Å². The molecule has 1 heterocycles. The fraction of sp³-hybridized carbons (Fsp3) is 0.812. The van der Waals surface area contributed by atoms with Crippen LogP contribution in [0.5, 0.6) is 0 Å². The highest BCUT2D eigenvalue weighted by molar-refractivity contribution is 5.86. The SMILES string of the molecule is CC(C)(C)OC(=O)N1CCN(C(=O)OC(C)(C)C)C(CF)(C(=O)O)C1. The molecule has 1 aliphatic heterocycles. The molecule has 1 N–H and O–H groups in total. The molecule has 8 nitrogen and oxygen atoms in total. The number of aliphatic carboxylic acids is 1. The lowest BCUT2D eigenvalue weighted by Crippen LogP contribution is -2.70. The number of ether oxygens (including phenoxy) is 2. The van der Waals surface area contributed by atoms with Crippen LogP contribution in [0, 0.1) is 0 Å². The molecule has 1 aliphatic rings. The standard InChI is InChI=1S/C16H27FN2O6/c1-14(2,3)24-12(22)18-7-8-19(13(23)25-15(4,5)6)16(9-17,10-18)11(20)21/h7-10H2,1-6H3,(H,20,21). The minimum Gasteiger partial charge on any atom is -0.479 e. The molecule has 25 heavy (non-hydrogen) atoms. The summed E-state index contributed by atoms with van der Waals surface area (Å²) in [5, 5.41) is 9.57.